The first-order valence-corrected chi connectivity index (χ1v) is 8.88. The highest BCUT2D eigenvalue weighted by atomic mass is 16.2. The molecule has 0 aliphatic carbocycles. The van der Waals surface area contributed by atoms with Crippen LogP contribution in [0.2, 0.25) is 0 Å². The quantitative estimate of drug-likeness (QED) is 0.579. The van der Waals surface area contributed by atoms with Crippen molar-refractivity contribution in [1.82, 2.24) is 4.57 Å². The molecule has 0 saturated carbocycles. The number of fused-ring (bicyclic) bond motifs is 1. The molecule has 132 valence electrons. The molecule has 1 saturated heterocycles. The minimum absolute atomic E-state index is 0.425. The third-order valence-electron chi connectivity index (χ3n) is 4.94. The minimum atomic E-state index is -0.615. The number of nitrogens with zero attached hydrogens (tertiary/aromatic N) is 2. The van der Waals surface area contributed by atoms with Crippen molar-refractivity contribution in [2.24, 2.45) is 7.05 Å². The Morgan fingerprint density at radius 2 is 1.65 bits per heavy atom. The van der Waals surface area contributed by atoms with E-state index >= 15 is 0 Å². The topological polar surface area (TPSA) is 54.3 Å². The van der Waals surface area contributed by atoms with E-state index in [9.17, 15) is 9.59 Å². The minimum Gasteiger partial charge on any atom is -0.372 e. The van der Waals surface area contributed by atoms with Crippen LogP contribution in [0, 0.1) is 0 Å². The number of amides is 1. The van der Waals surface area contributed by atoms with Gasteiger partial charge in [-0.3, -0.25) is 9.59 Å². The first-order valence-electron chi connectivity index (χ1n) is 8.88. The Balaban J connectivity index is 1.51. The number of hydrogen-bond acceptors (Lipinski definition) is 3. The van der Waals surface area contributed by atoms with Crippen LogP contribution < -0.4 is 10.2 Å². The molecule has 0 bridgehead atoms. The summed E-state index contributed by atoms with van der Waals surface area (Å²) >= 11 is 0. The monoisotopic (exact) mass is 347 g/mol. The average Bonchev–Trinajstić information content (AvgIpc) is 3.31. The molecule has 5 heteroatoms. The van der Waals surface area contributed by atoms with Gasteiger partial charge in [0.25, 0.3) is 11.7 Å². The molecule has 1 aromatic heterocycles. The zero-order valence-electron chi connectivity index (χ0n) is 14.7. The fourth-order valence-electron chi connectivity index (χ4n) is 3.56. The van der Waals surface area contributed by atoms with E-state index in [2.05, 4.69) is 10.2 Å². The Kier molecular flexibility index (Phi) is 4.21. The number of rotatable bonds is 4. The molecule has 1 fully saturated rings. The number of carbonyl (C=O) groups excluding carboxylic acids is 2. The van der Waals surface area contributed by atoms with Crippen LogP contribution in [-0.2, 0) is 11.8 Å². The first-order chi connectivity index (χ1) is 12.6. The lowest BCUT2D eigenvalue weighted by molar-refractivity contribution is -0.112. The van der Waals surface area contributed by atoms with Gasteiger partial charge in [-0.1, -0.05) is 18.2 Å². The van der Waals surface area contributed by atoms with Gasteiger partial charge in [0, 0.05) is 48.6 Å². The van der Waals surface area contributed by atoms with Crippen molar-refractivity contribution in [2.45, 2.75) is 12.8 Å². The van der Waals surface area contributed by atoms with Crippen LogP contribution in [0.5, 0.6) is 0 Å². The molecule has 1 amide bonds. The van der Waals surface area contributed by atoms with E-state index in [0.717, 1.165) is 29.7 Å². The van der Waals surface area contributed by atoms with Gasteiger partial charge in [-0.15, -0.1) is 0 Å². The van der Waals surface area contributed by atoms with E-state index in [1.54, 1.807) is 6.20 Å². The summed E-state index contributed by atoms with van der Waals surface area (Å²) in [5.74, 6) is -1.14. The van der Waals surface area contributed by atoms with E-state index < -0.39 is 11.7 Å². The lowest BCUT2D eigenvalue weighted by atomic mass is 10.1. The summed E-state index contributed by atoms with van der Waals surface area (Å²) in [4.78, 5) is 27.4. The van der Waals surface area contributed by atoms with Gasteiger partial charge in [0.1, 0.15) is 0 Å². The van der Waals surface area contributed by atoms with Gasteiger partial charge < -0.3 is 14.8 Å². The van der Waals surface area contributed by atoms with Crippen molar-refractivity contribution in [1.29, 1.82) is 0 Å². The van der Waals surface area contributed by atoms with E-state index in [4.69, 9.17) is 0 Å². The predicted molar refractivity (Wildman–Crippen MR) is 104 cm³/mol. The summed E-state index contributed by atoms with van der Waals surface area (Å²) in [6.45, 7) is 2.15. The Morgan fingerprint density at radius 3 is 2.38 bits per heavy atom. The molecule has 0 radical (unpaired) electrons. The third-order valence-corrected chi connectivity index (χ3v) is 4.94. The molecule has 0 spiro atoms. The number of benzene rings is 2. The van der Waals surface area contributed by atoms with Crippen LogP contribution in [0.1, 0.15) is 23.2 Å². The van der Waals surface area contributed by atoms with Crippen LogP contribution in [0.15, 0.2) is 54.7 Å². The molecule has 4 rings (SSSR count). The van der Waals surface area contributed by atoms with Crippen LogP contribution in [0.25, 0.3) is 10.9 Å². The van der Waals surface area contributed by atoms with Crippen LogP contribution in [-0.4, -0.2) is 29.3 Å². The Labute approximate surface area is 152 Å². The van der Waals surface area contributed by atoms with E-state index in [-0.39, 0.29) is 0 Å². The molecule has 1 N–H and O–H groups in total. The van der Waals surface area contributed by atoms with Gasteiger partial charge >= 0.3 is 0 Å². The van der Waals surface area contributed by atoms with E-state index in [0.29, 0.717) is 11.3 Å². The number of aryl methyl sites for hydroxylation is 1. The van der Waals surface area contributed by atoms with Crippen LogP contribution in [0.4, 0.5) is 11.4 Å². The van der Waals surface area contributed by atoms with Gasteiger partial charge in [-0.2, -0.15) is 0 Å². The molecule has 0 unspecified atom stereocenters. The average molecular weight is 347 g/mol. The van der Waals surface area contributed by atoms with Crippen molar-refractivity contribution in [3.8, 4) is 0 Å². The van der Waals surface area contributed by atoms with Crippen molar-refractivity contribution in [2.75, 3.05) is 23.3 Å². The number of Topliss-reactive ketones (excluding diaryl/α,β-unsaturated/α-hetero) is 1. The second-order valence-corrected chi connectivity index (χ2v) is 6.70. The SMILES string of the molecule is Cn1cc(C(=O)C(=O)Nc2ccc(N3CCCC3)cc2)c2ccccc21. The molecule has 5 nitrogen and oxygen atoms in total. The van der Waals surface area contributed by atoms with Crippen molar-refractivity contribution < 1.29 is 9.59 Å². The van der Waals surface area contributed by atoms with Crippen LogP contribution in [0.3, 0.4) is 0 Å². The predicted octanol–water partition coefficient (Wildman–Crippen LogP) is 3.60. The van der Waals surface area contributed by atoms with Crippen molar-refractivity contribution >= 4 is 34.0 Å². The lowest BCUT2D eigenvalue weighted by Gasteiger charge is -2.17. The molecular weight excluding hydrogens is 326 g/mol. The smallest absolute Gasteiger partial charge is 0.296 e. The molecule has 3 aromatic rings. The largest absolute Gasteiger partial charge is 0.372 e. The zero-order chi connectivity index (χ0) is 18.1. The number of para-hydroxylation sites is 1. The van der Waals surface area contributed by atoms with Crippen LogP contribution >= 0.6 is 0 Å². The highest BCUT2D eigenvalue weighted by Gasteiger charge is 2.21. The number of anilines is 2. The standard InChI is InChI=1S/C21H21N3O2/c1-23-14-18(17-6-2-3-7-19(17)23)20(25)21(26)22-15-8-10-16(11-9-15)24-12-4-5-13-24/h2-3,6-11,14H,4-5,12-13H2,1H3,(H,22,26). The Bertz CT molecular complexity index is 967. The molecular formula is C21H21N3O2. The van der Waals surface area contributed by atoms with Gasteiger partial charge in [0.05, 0.1) is 5.56 Å². The summed E-state index contributed by atoms with van der Waals surface area (Å²) in [5.41, 5.74) is 3.14. The highest BCUT2D eigenvalue weighted by molar-refractivity contribution is 6.48. The van der Waals surface area contributed by atoms with Gasteiger partial charge in [-0.05, 0) is 43.2 Å². The summed E-state index contributed by atoms with van der Waals surface area (Å²) in [6.07, 6.45) is 4.15. The maximum absolute atomic E-state index is 12.6. The number of aromatic nitrogens is 1. The molecule has 2 heterocycles. The Morgan fingerprint density at radius 1 is 0.962 bits per heavy atom. The maximum atomic E-state index is 12.6. The number of ketones is 1. The number of carbonyl (C=O) groups is 2. The highest BCUT2D eigenvalue weighted by Crippen LogP contribution is 2.23. The second-order valence-electron chi connectivity index (χ2n) is 6.70. The van der Waals surface area contributed by atoms with E-state index in [1.165, 1.54) is 12.8 Å². The normalized spacial score (nSPS) is 14.0. The molecule has 26 heavy (non-hydrogen) atoms. The number of nitrogens with one attached hydrogen (secondary N) is 1. The zero-order valence-corrected chi connectivity index (χ0v) is 14.7. The van der Waals surface area contributed by atoms with Crippen molar-refractivity contribution in [3.63, 3.8) is 0 Å². The first kappa shape index (κ1) is 16.4. The Hall–Kier alpha value is -3.08. The summed E-state index contributed by atoms with van der Waals surface area (Å²) in [7, 11) is 1.87. The molecule has 0 atom stereocenters. The fraction of sp³-hybridized carbons (Fsp3) is 0.238. The molecule has 1 aliphatic rings. The fourth-order valence-corrected chi connectivity index (χ4v) is 3.56. The third kappa shape index (κ3) is 2.96. The van der Waals surface area contributed by atoms with Gasteiger partial charge in [-0.25, -0.2) is 0 Å². The van der Waals surface area contributed by atoms with Crippen molar-refractivity contribution in [3.05, 3.63) is 60.3 Å². The van der Waals surface area contributed by atoms with Gasteiger partial charge in [0.15, 0.2) is 0 Å². The van der Waals surface area contributed by atoms with Gasteiger partial charge in [0.2, 0.25) is 0 Å². The van der Waals surface area contributed by atoms with E-state index in [1.807, 2.05) is 60.1 Å². The second kappa shape index (κ2) is 6.67. The summed E-state index contributed by atoms with van der Waals surface area (Å²) in [6, 6.07) is 15.3. The number of hydrogen-bond donors (Lipinski definition) is 1. The molecule has 2 aromatic carbocycles. The lowest BCUT2D eigenvalue weighted by Crippen LogP contribution is -2.23. The summed E-state index contributed by atoms with van der Waals surface area (Å²) in [5, 5.41) is 3.51. The summed E-state index contributed by atoms with van der Waals surface area (Å²) < 4.78 is 1.86. The maximum Gasteiger partial charge on any atom is 0.296 e. The molecule has 1 aliphatic heterocycles.